The summed E-state index contributed by atoms with van der Waals surface area (Å²) < 4.78 is 45.9. The van der Waals surface area contributed by atoms with Crippen LogP contribution in [0.15, 0.2) is 65.6 Å². The number of carbonyl (C=O) groups excluding carboxylic acids is 1. The van der Waals surface area contributed by atoms with Crippen LogP contribution in [0.5, 0.6) is 17.2 Å². The molecule has 1 N–H and O–H groups in total. The van der Waals surface area contributed by atoms with Gasteiger partial charge in [-0.3, -0.25) is 9.10 Å². The summed E-state index contributed by atoms with van der Waals surface area (Å²) in [4.78, 5) is 13.2. The van der Waals surface area contributed by atoms with Crippen molar-refractivity contribution in [2.45, 2.75) is 51.0 Å². The Kier molecular flexibility index (Phi) is 8.11. The van der Waals surface area contributed by atoms with Gasteiger partial charge in [0.25, 0.3) is 15.9 Å². The zero-order valence-electron chi connectivity index (χ0n) is 23.3. The second-order valence-electron chi connectivity index (χ2n) is 10.7. The summed E-state index contributed by atoms with van der Waals surface area (Å²) in [6.45, 7) is 10.5. The minimum absolute atomic E-state index is 0.0957. The number of amides is 1. The average Bonchev–Trinajstić information content (AvgIpc) is 2.90. The highest BCUT2D eigenvalue weighted by Crippen LogP contribution is 2.40. The minimum Gasteiger partial charge on any atom is -0.497 e. The number of aryl methyl sites for hydroxylation is 2. The van der Waals surface area contributed by atoms with E-state index >= 15 is 0 Å². The van der Waals surface area contributed by atoms with Crippen LogP contribution in [-0.2, 0) is 20.2 Å². The molecule has 39 heavy (non-hydrogen) atoms. The molecular weight excluding hydrogens is 516 g/mol. The summed E-state index contributed by atoms with van der Waals surface area (Å²) in [5, 5.41) is 2.82. The third kappa shape index (κ3) is 6.30. The average molecular weight is 553 g/mol. The summed E-state index contributed by atoms with van der Waals surface area (Å²) >= 11 is 0. The number of hydrogen-bond donors (Lipinski definition) is 1. The van der Waals surface area contributed by atoms with E-state index in [9.17, 15) is 13.2 Å². The number of ether oxygens (including phenoxy) is 3. The Balaban J connectivity index is 1.55. The molecule has 4 rings (SSSR count). The normalized spacial score (nSPS) is 15.2. The number of nitrogens with zero attached hydrogens (tertiary/aromatic N) is 1. The monoisotopic (exact) mass is 552 g/mol. The van der Waals surface area contributed by atoms with Crippen LogP contribution in [0.4, 0.5) is 5.69 Å². The van der Waals surface area contributed by atoms with Crippen molar-refractivity contribution in [3.63, 3.8) is 0 Å². The van der Waals surface area contributed by atoms with Crippen molar-refractivity contribution >= 4 is 21.6 Å². The van der Waals surface area contributed by atoms with Gasteiger partial charge in [-0.25, -0.2) is 8.42 Å². The summed E-state index contributed by atoms with van der Waals surface area (Å²) in [7, 11) is -2.49. The zero-order valence-corrected chi connectivity index (χ0v) is 24.1. The maximum atomic E-state index is 13.8. The lowest BCUT2D eigenvalue weighted by atomic mass is 9.86. The first-order valence-corrected chi connectivity index (χ1v) is 14.3. The van der Waals surface area contributed by atoms with Crippen LogP contribution in [0.3, 0.4) is 0 Å². The molecule has 0 saturated heterocycles. The predicted octanol–water partition coefficient (Wildman–Crippen LogP) is 4.76. The lowest BCUT2D eigenvalue weighted by Gasteiger charge is -2.36. The van der Waals surface area contributed by atoms with Crippen molar-refractivity contribution in [2.24, 2.45) is 0 Å². The molecule has 0 fully saturated rings. The molecule has 1 heterocycles. The van der Waals surface area contributed by atoms with E-state index in [-0.39, 0.29) is 30.0 Å². The third-order valence-corrected chi connectivity index (χ3v) is 8.42. The molecule has 0 bridgehead atoms. The van der Waals surface area contributed by atoms with Gasteiger partial charge in [-0.15, -0.1) is 0 Å². The Bertz CT molecular complexity index is 1450. The number of methoxy groups -OCH3 is 1. The SMILES string of the molecule is COc1ccc(S(=O)(=O)N2C[C@H](C(=O)NCCOc3ccc(C)cc3C)Oc3ccc(C(C)(C)C)cc32)cc1. The number of fused-ring (bicyclic) bond motifs is 1. The fraction of sp³-hybridized carbons (Fsp3) is 0.367. The number of carbonyl (C=O) groups is 1. The molecule has 1 amide bonds. The van der Waals surface area contributed by atoms with E-state index in [1.165, 1.54) is 23.5 Å². The van der Waals surface area contributed by atoms with Crippen LogP contribution in [0, 0.1) is 13.8 Å². The molecule has 1 aliphatic heterocycles. The van der Waals surface area contributed by atoms with Crippen LogP contribution >= 0.6 is 0 Å². The Morgan fingerprint density at radius 2 is 1.77 bits per heavy atom. The second kappa shape index (κ2) is 11.2. The first-order valence-electron chi connectivity index (χ1n) is 12.9. The van der Waals surface area contributed by atoms with Gasteiger partial charge in [0.1, 0.15) is 23.9 Å². The smallest absolute Gasteiger partial charge is 0.264 e. The molecule has 3 aromatic carbocycles. The summed E-state index contributed by atoms with van der Waals surface area (Å²) in [5.41, 5.74) is 3.30. The molecule has 9 heteroatoms. The number of hydrogen-bond acceptors (Lipinski definition) is 6. The van der Waals surface area contributed by atoms with Crippen LogP contribution in [0.2, 0.25) is 0 Å². The van der Waals surface area contributed by atoms with Crippen molar-refractivity contribution in [1.29, 1.82) is 0 Å². The highest BCUT2D eigenvalue weighted by molar-refractivity contribution is 7.92. The van der Waals surface area contributed by atoms with Gasteiger partial charge in [0.15, 0.2) is 6.10 Å². The van der Waals surface area contributed by atoms with Crippen molar-refractivity contribution in [3.8, 4) is 17.2 Å². The van der Waals surface area contributed by atoms with E-state index in [1.54, 1.807) is 18.2 Å². The minimum atomic E-state index is -4.01. The standard InChI is InChI=1S/C30H36N2O6S/c1-20-7-13-26(21(2)17-20)37-16-15-31-29(33)28-19-32(39(34,35)24-11-9-23(36-6)10-12-24)25-18-22(30(3,4)5)8-14-27(25)38-28/h7-14,17-18,28H,15-16,19H2,1-6H3,(H,31,33)/t28-/m1/s1. The molecule has 0 spiro atoms. The van der Waals surface area contributed by atoms with E-state index in [0.29, 0.717) is 17.2 Å². The van der Waals surface area contributed by atoms with Crippen LogP contribution in [-0.4, -0.2) is 47.2 Å². The lowest BCUT2D eigenvalue weighted by Crippen LogP contribution is -2.51. The molecule has 0 unspecified atom stereocenters. The molecule has 1 atom stereocenters. The molecule has 0 aliphatic carbocycles. The van der Waals surface area contributed by atoms with E-state index in [1.807, 2.05) is 44.2 Å². The Morgan fingerprint density at radius 1 is 1.05 bits per heavy atom. The van der Waals surface area contributed by atoms with Gasteiger partial charge in [-0.1, -0.05) is 44.5 Å². The topological polar surface area (TPSA) is 94.2 Å². The number of anilines is 1. The van der Waals surface area contributed by atoms with E-state index in [4.69, 9.17) is 14.2 Å². The van der Waals surface area contributed by atoms with Crippen LogP contribution in [0.1, 0.15) is 37.5 Å². The van der Waals surface area contributed by atoms with Gasteiger partial charge < -0.3 is 19.5 Å². The Labute approximate surface area is 230 Å². The largest absolute Gasteiger partial charge is 0.497 e. The van der Waals surface area contributed by atoms with Crippen molar-refractivity contribution in [2.75, 3.05) is 31.1 Å². The molecule has 0 aromatic heterocycles. The molecule has 8 nitrogen and oxygen atoms in total. The van der Waals surface area contributed by atoms with Crippen molar-refractivity contribution in [1.82, 2.24) is 5.32 Å². The first kappa shape index (κ1) is 28.3. The fourth-order valence-electron chi connectivity index (χ4n) is 4.37. The number of rotatable bonds is 8. The molecule has 0 radical (unpaired) electrons. The molecule has 208 valence electrons. The number of benzene rings is 3. The van der Waals surface area contributed by atoms with E-state index in [2.05, 4.69) is 26.1 Å². The van der Waals surface area contributed by atoms with Gasteiger partial charge >= 0.3 is 0 Å². The van der Waals surface area contributed by atoms with E-state index < -0.39 is 22.0 Å². The predicted molar refractivity (Wildman–Crippen MR) is 152 cm³/mol. The highest BCUT2D eigenvalue weighted by atomic mass is 32.2. The quantitative estimate of drug-likeness (QED) is 0.405. The third-order valence-electron chi connectivity index (χ3n) is 6.62. The van der Waals surface area contributed by atoms with E-state index in [0.717, 1.165) is 22.4 Å². The zero-order chi connectivity index (χ0) is 28.4. The van der Waals surface area contributed by atoms with Crippen molar-refractivity contribution < 1.29 is 27.4 Å². The number of nitrogens with one attached hydrogen (secondary N) is 1. The van der Waals surface area contributed by atoms with Crippen LogP contribution in [0.25, 0.3) is 0 Å². The molecule has 1 aliphatic rings. The van der Waals surface area contributed by atoms with Gasteiger partial charge in [0.05, 0.1) is 30.8 Å². The lowest BCUT2D eigenvalue weighted by molar-refractivity contribution is -0.127. The maximum Gasteiger partial charge on any atom is 0.264 e. The Hall–Kier alpha value is -3.72. The Morgan fingerprint density at radius 3 is 2.41 bits per heavy atom. The van der Waals surface area contributed by atoms with Crippen molar-refractivity contribution in [3.05, 3.63) is 77.4 Å². The van der Waals surface area contributed by atoms with Gasteiger partial charge in [-0.05, 0) is 72.9 Å². The highest BCUT2D eigenvalue weighted by Gasteiger charge is 2.38. The summed E-state index contributed by atoms with van der Waals surface area (Å²) in [6.07, 6.45) is -1.04. The maximum absolute atomic E-state index is 13.8. The van der Waals surface area contributed by atoms with Gasteiger partial charge in [0.2, 0.25) is 0 Å². The second-order valence-corrected chi connectivity index (χ2v) is 12.5. The first-order chi connectivity index (χ1) is 18.4. The molecule has 3 aromatic rings. The number of sulfonamides is 1. The summed E-state index contributed by atoms with van der Waals surface area (Å²) in [6, 6.07) is 17.5. The van der Waals surface area contributed by atoms with Gasteiger partial charge in [-0.2, -0.15) is 0 Å². The molecular formula is C30H36N2O6S. The summed E-state index contributed by atoms with van der Waals surface area (Å²) in [5.74, 6) is 1.22. The fourth-order valence-corrected chi connectivity index (χ4v) is 5.84. The molecule has 0 saturated carbocycles. The van der Waals surface area contributed by atoms with Crippen LogP contribution < -0.4 is 23.8 Å². The van der Waals surface area contributed by atoms with Gasteiger partial charge in [0, 0.05) is 0 Å².